The number of aliphatic hydroxyl groups excluding tert-OH is 1. The maximum absolute atomic E-state index is 13.6. The standard InChI is InChI=1S/C29H20ClF6N5O3/c30-21-9-5-4-8-20(21)24(38-43)23-22(10-11-42)39-44-27(23)25-26(17-6-2-1-3-7-17)41(40-37-25)15-16-12-18(28(31,32)33)14-19(13-16)29(34,35)36/h1-9,12-14,42-43H,10-11,15H2. The van der Waals surface area contributed by atoms with Crippen molar-refractivity contribution in [3.05, 3.63) is 111 Å². The molecule has 0 unspecified atom stereocenters. The zero-order valence-corrected chi connectivity index (χ0v) is 23.0. The van der Waals surface area contributed by atoms with Gasteiger partial charge >= 0.3 is 12.4 Å². The zero-order valence-electron chi connectivity index (χ0n) is 22.2. The van der Waals surface area contributed by atoms with Crippen molar-refractivity contribution in [2.45, 2.75) is 25.3 Å². The number of benzene rings is 3. The van der Waals surface area contributed by atoms with E-state index in [1.807, 2.05) is 0 Å². The maximum atomic E-state index is 13.6. The van der Waals surface area contributed by atoms with Gasteiger partial charge in [-0.05, 0) is 29.8 Å². The number of hydrogen-bond donors (Lipinski definition) is 2. The molecule has 5 aromatic rings. The van der Waals surface area contributed by atoms with Crippen LogP contribution in [0.1, 0.15) is 33.5 Å². The lowest BCUT2D eigenvalue weighted by molar-refractivity contribution is -0.143. The Balaban J connectivity index is 1.72. The number of aromatic nitrogens is 4. The van der Waals surface area contributed by atoms with Gasteiger partial charge < -0.3 is 14.8 Å². The average molecular weight is 636 g/mol. The molecule has 2 heterocycles. The van der Waals surface area contributed by atoms with Crippen LogP contribution in [0, 0.1) is 0 Å². The molecule has 0 aliphatic rings. The van der Waals surface area contributed by atoms with Crippen molar-refractivity contribution >= 4 is 17.3 Å². The highest BCUT2D eigenvalue weighted by atomic mass is 35.5. The smallest absolute Gasteiger partial charge is 0.410 e. The predicted molar refractivity (Wildman–Crippen MR) is 146 cm³/mol. The topological polar surface area (TPSA) is 110 Å². The van der Waals surface area contributed by atoms with Gasteiger partial charge in [-0.25, -0.2) is 4.68 Å². The van der Waals surface area contributed by atoms with Crippen molar-refractivity contribution in [1.82, 2.24) is 20.2 Å². The van der Waals surface area contributed by atoms with E-state index < -0.39 is 30.0 Å². The quantitative estimate of drug-likeness (QED) is 0.0815. The van der Waals surface area contributed by atoms with Crippen molar-refractivity contribution in [3.63, 3.8) is 0 Å². The van der Waals surface area contributed by atoms with Crippen LogP contribution in [-0.2, 0) is 25.3 Å². The summed E-state index contributed by atoms with van der Waals surface area (Å²) in [5.41, 5.74) is -2.27. The Labute approximate surface area is 249 Å². The molecule has 0 saturated carbocycles. The SMILES string of the molecule is OCCc1noc(-c2nnn(Cc3cc(C(F)(F)F)cc(C(F)(F)F)c3)c2-c2ccccc2)c1C(=NO)c1ccccc1Cl. The monoisotopic (exact) mass is 635 g/mol. The van der Waals surface area contributed by atoms with Gasteiger partial charge in [0.1, 0.15) is 11.4 Å². The Morgan fingerprint density at radius 3 is 2.14 bits per heavy atom. The molecule has 44 heavy (non-hydrogen) atoms. The van der Waals surface area contributed by atoms with Gasteiger partial charge in [0, 0.05) is 24.2 Å². The second-order valence-corrected chi connectivity index (χ2v) is 9.87. The number of nitrogens with zero attached hydrogens (tertiary/aromatic N) is 5. The molecule has 0 fully saturated rings. The van der Waals surface area contributed by atoms with Crippen LogP contribution in [0.3, 0.4) is 0 Å². The maximum Gasteiger partial charge on any atom is 0.416 e. The molecule has 0 aliphatic carbocycles. The molecule has 0 radical (unpaired) electrons. The third-order valence-corrected chi connectivity index (χ3v) is 6.88. The van der Waals surface area contributed by atoms with Crippen LogP contribution in [0.25, 0.3) is 22.7 Å². The first kappa shape index (κ1) is 30.8. The molecule has 0 atom stereocenters. The van der Waals surface area contributed by atoms with E-state index in [1.165, 1.54) is 0 Å². The van der Waals surface area contributed by atoms with Crippen LogP contribution < -0.4 is 0 Å². The molecule has 0 bridgehead atoms. The molecule has 3 aromatic carbocycles. The predicted octanol–water partition coefficient (Wildman–Crippen LogP) is 7.10. The molecule has 0 amide bonds. The van der Waals surface area contributed by atoms with Gasteiger partial charge in [-0.15, -0.1) is 5.10 Å². The fourth-order valence-electron chi connectivity index (χ4n) is 4.64. The summed E-state index contributed by atoms with van der Waals surface area (Å²) in [5, 5.41) is 35.6. The molecule has 2 N–H and O–H groups in total. The summed E-state index contributed by atoms with van der Waals surface area (Å²) >= 11 is 6.37. The molecule has 0 saturated heterocycles. The van der Waals surface area contributed by atoms with Crippen LogP contribution >= 0.6 is 11.6 Å². The first-order valence-corrected chi connectivity index (χ1v) is 13.1. The third kappa shape index (κ3) is 6.17. The Morgan fingerprint density at radius 1 is 0.909 bits per heavy atom. The zero-order chi connectivity index (χ0) is 31.6. The highest BCUT2D eigenvalue weighted by molar-refractivity contribution is 6.35. The summed E-state index contributed by atoms with van der Waals surface area (Å²) in [6, 6.07) is 16.0. The van der Waals surface area contributed by atoms with Crippen LogP contribution in [-0.4, -0.2) is 42.8 Å². The molecule has 8 nitrogen and oxygen atoms in total. The molecule has 0 aliphatic heterocycles. The highest BCUT2D eigenvalue weighted by Crippen LogP contribution is 2.39. The fraction of sp³-hybridized carbons (Fsp3) is 0.172. The van der Waals surface area contributed by atoms with Gasteiger partial charge in [0.15, 0.2) is 11.5 Å². The van der Waals surface area contributed by atoms with Crippen molar-refractivity contribution in [2.75, 3.05) is 6.61 Å². The lowest BCUT2D eigenvalue weighted by atomic mass is 9.96. The summed E-state index contributed by atoms with van der Waals surface area (Å²) in [6.45, 7) is -0.905. The van der Waals surface area contributed by atoms with E-state index in [0.717, 1.165) is 4.68 Å². The Morgan fingerprint density at radius 2 is 1.55 bits per heavy atom. The Hall–Kier alpha value is -4.69. The van der Waals surface area contributed by atoms with E-state index in [4.69, 9.17) is 16.1 Å². The van der Waals surface area contributed by atoms with E-state index in [-0.39, 0.29) is 69.4 Å². The van der Waals surface area contributed by atoms with Gasteiger partial charge in [-0.2, -0.15) is 26.3 Å². The third-order valence-electron chi connectivity index (χ3n) is 6.55. The molecular weight excluding hydrogens is 616 g/mol. The molecular formula is C29H20ClF6N5O3. The van der Waals surface area contributed by atoms with Gasteiger partial charge in [-0.1, -0.05) is 75.7 Å². The van der Waals surface area contributed by atoms with Gasteiger partial charge in [-0.3, -0.25) is 0 Å². The van der Waals surface area contributed by atoms with Crippen molar-refractivity contribution in [2.24, 2.45) is 5.16 Å². The van der Waals surface area contributed by atoms with Gasteiger partial charge in [0.25, 0.3) is 0 Å². The van der Waals surface area contributed by atoms with Crippen molar-refractivity contribution < 1.29 is 41.2 Å². The van der Waals surface area contributed by atoms with Crippen LogP contribution in [0.2, 0.25) is 5.02 Å². The molecule has 15 heteroatoms. The number of halogens is 7. The minimum absolute atomic E-state index is 0.0147. The Bertz CT molecular complexity index is 1780. The van der Waals surface area contributed by atoms with E-state index in [0.29, 0.717) is 17.7 Å². The van der Waals surface area contributed by atoms with Crippen LogP contribution in [0.4, 0.5) is 26.3 Å². The number of alkyl halides is 6. The largest absolute Gasteiger partial charge is 0.416 e. The molecule has 2 aromatic heterocycles. The second kappa shape index (κ2) is 12.1. The van der Waals surface area contributed by atoms with Crippen LogP contribution in [0.15, 0.2) is 82.5 Å². The van der Waals surface area contributed by atoms with E-state index in [9.17, 15) is 36.7 Å². The summed E-state index contributed by atoms with van der Waals surface area (Å²) < 4.78 is 88.1. The summed E-state index contributed by atoms with van der Waals surface area (Å²) in [7, 11) is 0. The Kier molecular flexibility index (Phi) is 8.48. The summed E-state index contributed by atoms with van der Waals surface area (Å²) in [5.74, 6) is -0.0914. The summed E-state index contributed by atoms with van der Waals surface area (Å²) in [6.07, 6.45) is -10.1. The van der Waals surface area contributed by atoms with E-state index in [2.05, 4.69) is 20.6 Å². The molecule has 0 spiro atoms. The minimum Gasteiger partial charge on any atom is -0.410 e. The lowest BCUT2D eigenvalue weighted by Gasteiger charge is -2.15. The fourth-order valence-corrected chi connectivity index (χ4v) is 4.86. The summed E-state index contributed by atoms with van der Waals surface area (Å²) in [4.78, 5) is 0. The highest BCUT2D eigenvalue weighted by Gasteiger charge is 2.37. The average Bonchev–Trinajstić information content (AvgIpc) is 3.58. The normalized spacial score (nSPS) is 12.6. The molecule has 5 rings (SSSR count). The second-order valence-electron chi connectivity index (χ2n) is 9.46. The van der Waals surface area contributed by atoms with Gasteiger partial charge in [0.2, 0.25) is 0 Å². The number of aliphatic hydroxyl groups is 1. The number of hydrogen-bond acceptors (Lipinski definition) is 7. The number of rotatable bonds is 8. The number of oxime groups is 1. The van der Waals surface area contributed by atoms with Crippen molar-refractivity contribution in [1.29, 1.82) is 0 Å². The lowest BCUT2D eigenvalue weighted by Crippen LogP contribution is -2.13. The minimum atomic E-state index is -5.04. The first-order valence-electron chi connectivity index (χ1n) is 12.8. The van der Waals surface area contributed by atoms with Gasteiger partial charge in [0.05, 0.1) is 34.0 Å². The van der Waals surface area contributed by atoms with E-state index in [1.54, 1.807) is 54.6 Å². The first-order chi connectivity index (χ1) is 20.9. The van der Waals surface area contributed by atoms with E-state index >= 15 is 0 Å². The molecule has 228 valence electrons. The van der Waals surface area contributed by atoms with Crippen LogP contribution in [0.5, 0.6) is 0 Å². The van der Waals surface area contributed by atoms with Crippen molar-refractivity contribution in [3.8, 4) is 22.7 Å².